The van der Waals surface area contributed by atoms with Gasteiger partial charge in [-0.3, -0.25) is 4.79 Å². The van der Waals surface area contributed by atoms with E-state index in [1.807, 2.05) is 26.8 Å². The maximum Gasteiger partial charge on any atom is 0.241 e. The van der Waals surface area contributed by atoms with Gasteiger partial charge >= 0.3 is 0 Å². The summed E-state index contributed by atoms with van der Waals surface area (Å²) in [4.78, 5) is 13.3. The zero-order valence-electron chi connectivity index (χ0n) is 10.7. The fraction of sp³-hybridized carbons (Fsp3) is 0.462. The number of nitrogens with one attached hydrogen (secondary N) is 1. The predicted octanol–water partition coefficient (Wildman–Crippen LogP) is 2.41. The molecule has 17 heavy (non-hydrogen) atoms. The number of hydrogen-bond acceptors (Lipinski definition) is 2. The van der Waals surface area contributed by atoms with Gasteiger partial charge in [0.1, 0.15) is 5.82 Å². The van der Waals surface area contributed by atoms with Crippen molar-refractivity contribution in [2.75, 3.05) is 18.9 Å². The molecule has 0 radical (unpaired) electrons. The molecule has 0 aromatic heterocycles. The van der Waals surface area contributed by atoms with Crippen LogP contribution in [0.25, 0.3) is 0 Å². The van der Waals surface area contributed by atoms with Gasteiger partial charge < -0.3 is 10.2 Å². The summed E-state index contributed by atoms with van der Waals surface area (Å²) in [5, 5.41) is 2.81. The maximum atomic E-state index is 13.5. The summed E-state index contributed by atoms with van der Waals surface area (Å²) in [6, 6.07) is 5.04. The topological polar surface area (TPSA) is 32.3 Å². The third-order valence-corrected chi connectivity index (χ3v) is 2.72. The molecule has 0 aliphatic heterocycles. The van der Waals surface area contributed by atoms with E-state index < -0.39 is 0 Å². The second kappa shape index (κ2) is 5.66. The Morgan fingerprint density at radius 2 is 2.12 bits per heavy atom. The minimum Gasteiger partial charge on any atom is -0.374 e. The normalized spacial score (nSPS) is 10.5. The second-order valence-electron chi connectivity index (χ2n) is 4.44. The third-order valence-electron chi connectivity index (χ3n) is 2.72. The van der Waals surface area contributed by atoms with Gasteiger partial charge in [0.05, 0.1) is 12.2 Å². The summed E-state index contributed by atoms with van der Waals surface area (Å²) >= 11 is 0. The number of rotatable bonds is 4. The lowest BCUT2D eigenvalue weighted by molar-refractivity contribution is -0.129. The molecule has 1 aromatic carbocycles. The van der Waals surface area contributed by atoms with E-state index in [1.165, 1.54) is 6.07 Å². The Morgan fingerprint density at radius 1 is 1.47 bits per heavy atom. The van der Waals surface area contributed by atoms with Crippen LogP contribution in [0.1, 0.15) is 19.4 Å². The molecule has 0 heterocycles. The Bertz CT molecular complexity index is 404. The molecule has 0 saturated heterocycles. The lowest BCUT2D eigenvalue weighted by atomic mass is 10.2. The van der Waals surface area contributed by atoms with E-state index in [9.17, 15) is 9.18 Å². The molecule has 94 valence electrons. The van der Waals surface area contributed by atoms with Crippen molar-refractivity contribution in [2.24, 2.45) is 0 Å². The molecule has 4 heteroatoms. The minimum absolute atomic E-state index is 0.0556. The summed E-state index contributed by atoms with van der Waals surface area (Å²) in [5.41, 5.74) is 1.22. The van der Waals surface area contributed by atoms with Crippen LogP contribution in [0.3, 0.4) is 0 Å². The molecule has 1 N–H and O–H groups in total. The van der Waals surface area contributed by atoms with Gasteiger partial charge in [-0.1, -0.05) is 6.07 Å². The van der Waals surface area contributed by atoms with E-state index in [-0.39, 0.29) is 24.3 Å². The second-order valence-corrected chi connectivity index (χ2v) is 4.44. The zero-order chi connectivity index (χ0) is 13.0. The van der Waals surface area contributed by atoms with Crippen LogP contribution in [-0.4, -0.2) is 30.4 Å². The van der Waals surface area contributed by atoms with Gasteiger partial charge in [-0.25, -0.2) is 4.39 Å². The molecule has 0 unspecified atom stereocenters. The average molecular weight is 238 g/mol. The minimum atomic E-state index is -0.329. The number of aryl methyl sites for hydroxylation is 1. The summed E-state index contributed by atoms with van der Waals surface area (Å²) in [7, 11) is 1.74. The first-order chi connectivity index (χ1) is 7.91. The van der Waals surface area contributed by atoms with Crippen LogP contribution in [0.5, 0.6) is 0 Å². The standard InChI is InChI=1S/C13H19FN2O/c1-9(2)16(4)13(17)8-15-12-6-5-10(3)7-11(12)14/h5-7,9,15H,8H2,1-4H3. The molecule has 3 nitrogen and oxygen atoms in total. The molecule has 0 saturated carbocycles. The number of nitrogens with zero attached hydrogens (tertiary/aromatic N) is 1. The van der Waals surface area contributed by atoms with Crippen LogP contribution in [0, 0.1) is 12.7 Å². The number of carbonyl (C=O) groups is 1. The van der Waals surface area contributed by atoms with Crippen molar-refractivity contribution < 1.29 is 9.18 Å². The molecular formula is C13H19FN2O. The Hall–Kier alpha value is -1.58. The lowest BCUT2D eigenvalue weighted by Gasteiger charge is -2.21. The summed E-state index contributed by atoms with van der Waals surface area (Å²) in [6.45, 7) is 5.80. The first kappa shape index (κ1) is 13.5. The highest BCUT2D eigenvalue weighted by molar-refractivity contribution is 5.80. The highest BCUT2D eigenvalue weighted by Gasteiger charge is 2.12. The smallest absolute Gasteiger partial charge is 0.241 e. The predicted molar refractivity (Wildman–Crippen MR) is 67.5 cm³/mol. The molecule has 1 amide bonds. The van der Waals surface area contributed by atoms with Crippen LogP contribution in [0.2, 0.25) is 0 Å². The fourth-order valence-corrected chi connectivity index (χ4v) is 1.35. The van der Waals surface area contributed by atoms with E-state index >= 15 is 0 Å². The monoisotopic (exact) mass is 238 g/mol. The van der Waals surface area contributed by atoms with Gasteiger partial charge in [0.25, 0.3) is 0 Å². The number of benzene rings is 1. The summed E-state index contributed by atoms with van der Waals surface area (Å²) in [6.07, 6.45) is 0. The van der Waals surface area contributed by atoms with E-state index in [1.54, 1.807) is 18.0 Å². The van der Waals surface area contributed by atoms with E-state index in [2.05, 4.69) is 5.32 Å². The van der Waals surface area contributed by atoms with Crippen molar-refractivity contribution in [3.63, 3.8) is 0 Å². The molecule has 0 atom stereocenters. The average Bonchev–Trinajstić information content (AvgIpc) is 2.26. The third kappa shape index (κ3) is 3.73. The Morgan fingerprint density at radius 3 is 2.65 bits per heavy atom. The highest BCUT2D eigenvalue weighted by Crippen LogP contribution is 2.14. The van der Waals surface area contributed by atoms with Crippen LogP contribution < -0.4 is 5.32 Å². The first-order valence-corrected chi connectivity index (χ1v) is 5.67. The Balaban J connectivity index is 2.59. The zero-order valence-corrected chi connectivity index (χ0v) is 10.7. The largest absolute Gasteiger partial charge is 0.374 e. The number of likely N-dealkylation sites (N-methyl/N-ethyl adjacent to an activating group) is 1. The number of hydrogen-bond donors (Lipinski definition) is 1. The van der Waals surface area contributed by atoms with E-state index in [0.29, 0.717) is 5.69 Å². The molecule has 1 rings (SSSR count). The molecule has 0 aliphatic rings. The van der Waals surface area contributed by atoms with Crippen molar-refractivity contribution in [2.45, 2.75) is 26.8 Å². The van der Waals surface area contributed by atoms with Crippen molar-refractivity contribution >= 4 is 11.6 Å². The van der Waals surface area contributed by atoms with Crippen LogP contribution in [0.4, 0.5) is 10.1 Å². The molecular weight excluding hydrogens is 219 g/mol. The maximum absolute atomic E-state index is 13.5. The molecule has 0 spiro atoms. The van der Waals surface area contributed by atoms with Crippen LogP contribution >= 0.6 is 0 Å². The highest BCUT2D eigenvalue weighted by atomic mass is 19.1. The van der Waals surface area contributed by atoms with Gasteiger partial charge in [-0.2, -0.15) is 0 Å². The van der Waals surface area contributed by atoms with E-state index in [4.69, 9.17) is 0 Å². The number of amides is 1. The number of carbonyl (C=O) groups excluding carboxylic acids is 1. The quantitative estimate of drug-likeness (QED) is 0.873. The van der Waals surface area contributed by atoms with Crippen molar-refractivity contribution in [1.82, 2.24) is 4.90 Å². The molecule has 0 bridgehead atoms. The van der Waals surface area contributed by atoms with Crippen LogP contribution in [-0.2, 0) is 4.79 Å². The van der Waals surface area contributed by atoms with Gasteiger partial charge in [0.15, 0.2) is 0 Å². The van der Waals surface area contributed by atoms with Crippen molar-refractivity contribution in [1.29, 1.82) is 0 Å². The van der Waals surface area contributed by atoms with Crippen LogP contribution in [0.15, 0.2) is 18.2 Å². The van der Waals surface area contributed by atoms with Crippen molar-refractivity contribution in [3.05, 3.63) is 29.6 Å². The van der Waals surface area contributed by atoms with Gasteiger partial charge in [0.2, 0.25) is 5.91 Å². The first-order valence-electron chi connectivity index (χ1n) is 5.67. The van der Waals surface area contributed by atoms with Gasteiger partial charge in [-0.05, 0) is 38.5 Å². The summed E-state index contributed by atoms with van der Waals surface area (Å²) in [5.74, 6) is -0.384. The Kier molecular flexibility index (Phi) is 4.49. The van der Waals surface area contributed by atoms with Crippen molar-refractivity contribution in [3.8, 4) is 0 Å². The van der Waals surface area contributed by atoms with Gasteiger partial charge in [0, 0.05) is 13.1 Å². The molecule has 0 aliphatic carbocycles. The molecule has 0 fully saturated rings. The van der Waals surface area contributed by atoms with Gasteiger partial charge in [-0.15, -0.1) is 0 Å². The molecule has 1 aromatic rings. The fourth-order valence-electron chi connectivity index (χ4n) is 1.35. The van der Waals surface area contributed by atoms with E-state index in [0.717, 1.165) is 5.56 Å². The summed E-state index contributed by atoms with van der Waals surface area (Å²) < 4.78 is 13.5. The number of anilines is 1. The lowest BCUT2D eigenvalue weighted by Crippen LogP contribution is -2.37. The Labute approximate surface area is 102 Å². The number of halogens is 1. The SMILES string of the molecule is Cc1ccc(NCC(=O)N(C)C(C)C)c(F)c1.